The molecular weight excluding hydrogens is 184 g/mol. The standard InChI is InChI=1S/C8H4N4O2/c9-3-6(4-10)8-2-1-7(5-11-8)12(13)14/h1-2,5-6H. The summed E-state index contributed by atoms with van der Waals surface area (Å²) in [7, 11) is 0. The monoisotopic (exact) mass is 188 g/mol. The average molecular weight is 188 g/mol. The molecule has 0 atom stereocenters. The van der Waals surface area contributed by atoms with Gasteiger partial charge in [0.25, 0.3) is 5.69 Å². The number of pyridine rings is 1. The lowest BCUT2D eigenvalue weighted by atomic mass is 10.1. The molecule has 6 heteroatoms. The zero-order valence-corrected chi connectivity index (χ0v) is 6.91. The van der Waals surface area contributed by atoms with Crippen molar-refractivity contribution < 1.29 is 4.92 Å². The predicted molar refractivity (Wildman–Crippen MR) is 44.9 cm³/mol. The second-order valence-corrected chi connectivity index (χ2v) is 2.39. The molecule has 0 aliphatic carbocycles. The third-order valence-corrected chi connectivity index (χ3v) is 1.54. The highest BCUT2D eigenvalue weighted by molar-refractivity contribution is 5.32. The van der Waals surface area contributed by atoms with Crippen LogP contribution in [-0.2, 0) is 0 Å². The molecule has 1 aromatic heterocycles. The van der Waals surface area contributed by atoms with E-state index < -0.39 is 10.8 Å². The summed E-state index contributed by atoms with van der Waals surface area (Å²) < 4.78 is 0. The molecule has 0 unspecified atom stereocenters. The quantitative estimate of drug-likeness (QED) is 0.510. The highest BCUT2D eigenvalue weighted by atomic mass is 16.6. The Morgan fingerprint density at radius 2 is 2.07 bits per heavy atom. The van der Waals surface area contributed by atoms with E-state index in [9.17, 15) is 10.1 Å². The Balaban J connectivity index is 3.01. The molecule has 0 saturated carbocycles. The zero-order valence-electron chi connectivity index (χ0n) is 6.91. The van der Waals surface area contributed by atoms with E-state index in [1.807, 2.05) is 0 Å². The third-order valence-electron chi connectivity index (χ3n) is 1.54. The topological polar surface area (TPSA) is 104 Å². The van der Waals surface area contributed by atoms with Crippen molar-refractivity contribution in [3.8, 4) is 12.1 Å². The minimum Gasteiger partial charge on any atom is -0.258 e. The lowest BCUT2D eigenvalue weighted by molar-refractivity contribution is -0.385. The summed E-state index contributed by atoms with van der Waals surface area (Å²) in [5.41, 5.74) is 0.0592. The molecule has 6 nitrogen and oxygen atoms in total. The van der Waals surface area contributed by atoms with E-state index in [0.717, 1.165) is 6.20 Å². The molecule has 0 fully saturated rings. The Bertz CT molecular complexity index is 412. The van der Waals surface area contributed by atoms with Gasteiger partial charge in [0.1, 0.15) is 6.20 Å². The number of hydrogen-bond donors (Lipinski definition) is 0. The second kappa shape index (κ2) is 3.97. The first-order valence-electron chi connectivity index (χ1n) is 3.58. The summed E-state index contributed by atoms with van der Waals surface area (Å²) in [6.07, 6.45) is 1.02. The molecule has 0 bridgehead atoms. The van der Waals surface area contributed by atoms with Crippen LogP contribution in [0.25, 0.3) is 0 Å². The molecule has 0 aliphatic heterocycles. The summed E-state index contributed by atoms with van der Waals surface area (Å²) in [5.74, 6) is -0.976. The fraction of sp³-hybridized carbons (Fsp3) is 0.125. The van der Waals surface area contributed by atoms with Crippen molar-refractivity contribution in [3.05, 3.63) is 34.1 Å². The van der Waals surface area contributed by atoms with Gasteiger partial charge in [-0.2, -0.15) is 10.5 Å². The van der Waals surface area contributed by atoms with Gasteiger partial charge in [0, 0.05) is 6.07 Å². The van der Waals surface area contributed by atoms with Gasteiger partial charge in [0.05, 0.1) is 22.8 Å². The maximum absolute atomic E-state index is 10.3. The van der Waals surface area contributed by atoms with Crippen molar-refractivity contribution in [1.82, 2.24) is 4.98 Å². The van der Waals surface area contributed by atoms with Gasteiger partial charge in [-0.25, -0.2) is 0 Å². The Labute approximate surface area is 79.2 Å². The van der Waals surface area contributed by atoms with E-state index in [4.69, 9.17) is 10.5 Å². The van der Waals surface area contributed by atoms with E-state index in [2.05, 4.69) is 4.98 Å². The Hall–Kier alpha value is -2.47. The van der Waals surface area contributed by atoms with Crippen LogP contribution in [0.1, 0.15) is 11.6 Å². The number of nitriles is 2. The molecule has 1 rings (SSSR count). The number of nitro groups is 1. The van der Waals surface area contributed by atoms with Crippen molar-refractivity contribution >= 4 is 5.69 Å². The molecule has 0 spiro atoms. The van der Waals surface area contributed by atoms with Crippen LogP contribution >= 0.6 is 0 Å². The van der Waals surface area contributed by atoms with E-state index >= 15 is 0 Å². The molecule has 0 saturated heterocycles. The predicted octanol–water partition coefficient (Wildman–Crippen LogP) is 1.12. The molecule has 0 amide bonds. The largest absolute Gasteiger partial charge is 0.287 e. The van der Waals surface area contributed by atoms with E-state index in [1.165, 1.54) is 12.1 Å². The molecule has 0 radical (unpaired) electrons. The fourth-order valence-corrected chi connectivity index (χ4v) is 0.837. The summed E-state index contributed by atoms with van der Waals surface area (Å²) >= 11 is 0. The number of aromatic nitrogens is 1. The highest BCUT2D eigenvalue weighted by Gasteiger charge is 2.12. The fourth-order valence-electron chi connectivity index (χ4n) is 0.837. The minimum atomic E-state index is -0.976. The van der Waals surface area contributed by atoms with Gasteiger partial charge in [-0.05, 0) is 6.07 Å². The van der Waals surface area contributed by atoms with Crippen LogP contribution in [0.5, 0.6) is 0 Å². The molecule has 68 valence electrons. The number of nitrogens with zero attached hydrogens (tertiary/aromatic N) is 4. The molecule has 14 heavy (non-hydrogen) atoms. The SMILES string of the molecule is N#CC(C#N)c1ccc([N+](=O)[O-])cn1. The summed E-state index contributed by atoms with van der Waals surface area (Å²) in [4.78, 5) is 13.3. The van der Waals surface area contributed by atoms with Gasteiger partial charge >= 0.3 is 0 Å². The maximum atomic E-state index is 10.3. The summed E-state index contributed by atoms with van der Waals surface area (Å²) in [6.45, 7) is 0. The van der Waals surface area contributed by atoms with Gasteiger partial charge in [-0.3, -0.25) is 15.1 Å². The van der Waals surface area contributed by atoms with Crippen LogP contribution in [0.4, 0.5) is 5.69 Å². The first kappa shape index (κ1) is 9.62. The van der Waals surface area contributed by atoms with Crippen LogP contribution in [-0.4, -0.2) is 9.91 Å². The van der Waals surface area contributed by atoms with Crippen molar-refractivity contribution in [3.63, 3.8) is 0 Å². The molecule has 0 N–H and O–H groups in total. The van der Waals surface area contributed by atoms with Crippen LogP contribution in [0.2, 0.25) is 0 Å². The second-order valence-electron chi connectivity index (χ2n) is 2.39. The Kier molecular flexibility index (Phi) is 2.72. The number of hydrogen-bond acceptors (Lipinski definition) is 5. The molecule has 0 aromatic carbocycles. The van der Waals surface area contributed by atoms with Gasteiger partial charge in [-0.1, -0.05) is 0 Å². The van der Waals surface area contributed by atoms with E-state index in [1.54, 1.807) is 12.1 Å². The smallest absolute Gasteiger partial charge is 0.258 e. The van der Waals surface area contributed by atoms with Crippen LogP contribution < -0.4 is 0 Å². The molecule has 0 aliphatic rings. The molecule has 1 heterocycles. The van der Waals surface area contributed by atoms with Gasteiger partial charge in [-0.15, -0.1) is 0 Å². The lowest BCUT2D eigenvalue weighted by Crippen LogP contribution is -1.97. The summed E-state index contributed by atoms with van der Waals surface area (Å²) in [6, 6.07) is 5.96. The van der Waals surface area contributed by atoms with Gasteiger partial charge in [0.2, 0.25) is 0 Å². The van der Waals surface area contributed by atoms with Crippen molar-refractivity contribution in [2.75, 3.05) is 0 Å². The Morgan fingerprint density at radius 3 is 2.43 bits per heavy atom. The highest BCUT2D eigenvalue weighted by Crippen LogP contribution is 2.14. The number of rotatable bonds is 2. The lowest BCUT2D eigenvalue weighted by Gasteiger charge is -1.97. The first-order valence-corrected chi connectivity index (χ1v) is 3.58. The van der Waals surface area contributed by atoms with Crippen LogP contribution in [0.3, 0.4) is 0 Å². The van der Waals surface area contributed by atoms with Crippen molar-refractivity contribution in [1.29, 1.82) is 10.5 Å². The van der Waals surface area contributed by atoms with Gasteiger partial charge in [0.15, 0.2) is 5.92 Å². The first-order chi connectivity index (χ1) is 6.69. The van der Waals surface area contributed by atoms with Crippen LogP contribution in [0, 0.1) is 32.8 Å². The van der Waals surface area contributed by atoms with Crippen molar-refractivity contribution in [2.24, 2.45) is 0 Å². The van der Waals surface area contributed by atoms with Gasteiger partial charge < -0.3 is 0 Å². The molecular formula is C8H4N4O2. The molecule has 1 aromatic rings. The van der Waals surface area contributed by atoms with Crippen molar-refractivity contribution in [2.45, 2.75) is 5.92 Å². The normalized spacial score (nSPS) is 9.07. The average Bonchev–Trinajstić information content (AvgIpc) is 2.20. The maximum Gasteiger partial charge on any atom is 0.287 e. The van der Waals surface area contributed by atoms with E-state index in [0.29, 0.717) is 0 Å². The summed E-state index contributed by atoms with van der Waals surface area (Å²) in [5, 5.41) is 27.3. The van der Waals surface area contributed by atoms with E-state index in [-0.39, 0.29) is 11.4 Å². The van der Waals surface area contributed by atoms with Crippen LogP contribution in [0.15, 0.2) is 18.3 Å². The minimum absolute atomic E-state index is 0.164. The zero-order chi connectivity index (χ0) is 10.6. The third kappa shape index (κ3) is 1.82. The Morgan fingerprint density at radius 1 is 1.43 bits per heavy atom.